The summed E-state index contributed by atoms with van der Waals surface area (Å²) in [7, 11) is 0. The zero-order valence-corrected chi connectivity index (χ0v) is 14.1. The largest absolute Gasteiger partial charge is 0.338 e. The van der Waals surface area contributed by atoms with Gasteiger partial charge in [0.2, 0.25) is 5.91 Å². The van der Waals surface area contributed by atoms with Crippen LogP contribution in [0.4, 0.5) is 0 Å². The van der Waals surface area contributed by atoms with Crippen molar-refractivity contribution >= 4 is 5.91 Å². The van der Waals surface area contributed by atoms with E-state index in [0.29, 0.717) is 18.5 Å². The third-order valence-corrected chi connectivity index (χ3v) is 4.71. The van der Waals surface area contributed by atoms with Crippen LogP contribution in [0.15, 0.2) is 0 Å². The standard InChI is InChI=1S/C18H36N2O/c1-2-3-4-5-6-7-8-9-10-14-18(21)20-15-12-11-13-17(20)16-19/h17H,2-16,19H2,1H3. The quantitative estimate of drug-likeness (QED) is 0.579. The minimum atomic E-state index is 0.310. The number of hydrogen-bond acceptors (Lipinski definition) is 2. The molecule has 1 amide bonds. The molecule has 0 aromatic carbocycles. The molecule has 0 bridgehead atoms. The average Bonchev–Trinajstić information content (AvgIpc) is 2.53. The van der Waals surface area contributed by atoms with Gasteiger partial charge in [-0.05, 0) is 25.7 Å². The number of carbonyl (C=O) groups excluding carboxylic acids is 1. The third kappa shape index (κ3) is 7.85. The fourth-order valence-corrected chi connectivity index (χ4v) is 3.30. The first-order valence-electron chi connectivity index (χ1n) is 9.29. The van der Waals surface area contributed by atoms with Crippen molar-refractivity contribution in [2.45, 2.75) is 96.4 Å². The van der Waals surface area contributed by atoms with Crippen LogP contribution in [0.1, 0.15) is 90.4 Å². The van der Waals surface area contributed by atoms with Crippen LogP contribution in [0, 0.1) is 0 Å². The van der Waals surface area contributed by atoms with Gasteiger partial charge in [-0.1, -0.05) is 58.3 Å². The first kappa shape index (κ1) is 18.5. The number of carbonyl (C=O) groups is 1. The fourth-order valence-electron chi connectivity index (χ4n) is 3.30. The summed E-state index contributed by atoms with van der Waals surface area (Å²) in [5.74, 6) is 0.341. The van der Waals surface area contributed by atoms with Gasteiger partial charge in [-0.2, -0.15) is 0 Å². The molecular weight excluding hydrogens is 260 g/mol. The Labute approximate surface area is 131 Å². The predicted octanol–water partition coefficient (Wildman–Crippen LogP) is 4.25. The van der Waals surface area contributed by atoms with Gasteiger partial charge in [-0.3, -0.25) is 4.79 Å². The molecule has 1 aliphatic heterocycles. The first-order chi connectivity index (χ1) is 10.3. The lowest BCUT2D eigenvalue weighted by atomic mass is 10.0. The van der Waals surface area contributed by atoms with Gasteiger partial charge in [0.25, 0.3) is 0 Å². The Kier molecular flexibility index (Phi) is 10.6. The Bertz CT molecular complexity index is 268. The highest BCUT2D eigenvalue weighted by atomic mass is 16.2. The van der Waals surface area contributed by atoms with Crippen molar-refractivity contribution in [2.75, 3.05) is 13.1 Å². The summed E-state index contributed by atoms with van der Waals surface area (Å²) in [6.45, 7) is 3.82. The molecule has 0 aromatic heterocycles. The van der Waals surface area contributed by atoms with Crippen molar-refractivity contribution in [1.29, 1.82) is 0 Å². The highest BCUT2D eigenvalue weighted by Gasteiger charge is 2.24. The molecule has 3 heteroatoms. The molecule has 0 aliphatic carbocycles. The van der Waals surface area contributed by atoms with E-state index in [-0.39, 0.29) is 0 Å². The van der Waals surface area contributed by atoms with Gasteiger partial charge in [0, 0.05) is 25.6 Å². The highest BCUT2D eigenvalue weighted by Crippen LogP contribution is 2.18. The van der Waals surface area contributed by atoms with Crippen LogP contribution in [0.5, 0.6) is 0 Å². The fraction of sp³-hybridized carbons (Fsp3) is 0.944. The third-order valence-electron chi connectivity index (χ3n) is 4.71. The molecule has 1 saturated heterocycles. The molecule has 0 aromatic rings. The number of hydrogen-bond donors (Lipinski definition) is 1. The second kappa shape index (κ2) is 12.0. The van der Waals surface area contributed by atoms with Crippen molar-refractivity contribution in [3.63, 3.8) is 0 Å². The maximum atomic E-state index is 12.2. The topological polar surface area (TPSA) is 46.3 Å². The highest BCUT2D eigenvalue weighted by molar-refractivity contribution is 5.76. The number of unbranched alkanes of at least 4 members (excludes halogenated alkanes) is 8. The van der Waals surface area contributed by atoms with E-state index < -0.39 is 0 Å². The molecule has 1 aliphatic rings. The van der Waals surface area contributed by atoms with Crippen LogP contribution < -0.4 is 5.73 Å². The Morgan fingerprint density at radius 1 is 1.00 bits per heavy atom. The van der Waals surface area contributed by atoms with Crippen LogP contribution in [-0.2, 0) is 4.79 Å². The minimum Gasteiger partial charge on any atom is -0.338 e. The molecule has 1 heterocycles. The van der Waals surface area contributed by atoms with E-state index in [4.69, 9.17) is 5.73 Å². The van der Waals surface area contributed by atoms with Gasteiger partial charge in [-0.15, -0.1) is 0 Å². The molecular formula is C18H36N2O. The monoisotopic (exact) mass is 296 g/mol. The Hall–Kier alpha value is -0.570. The lowest BCUT2D eigenvalue weighted by molar-refractivity contribution is -0.134. The Morgan fingerprint density at radius 3 is 2.24 bits per heavy atom. The normalized spacial score (nSPS) is 19.0. The van der Waals surface area contributed by atoms with Gasteiger partial charge in [-0.25, -0.2) is 0 Å². The number of likely N-dealkylation sites (tertiary alicyclic amines) is 1. The van der Waals surface area contributed by atoms with Gasteiger partial charge in [0.15, 0.2) is 0 Å². The van der Waals surface area contributed by atoms with Crippen LogP contribution in [0.25, 0.3) is 0 Å². The zero-order chi connectivity index (χ0) is 15.3. The van der Waals surface area contributed by atoms with Crippen LogP contribution in [0.2, 0.25) is 0 Å². The molecule has 124 valence electrons. The van der Waals surface area contributed by atoms with Crippen molar-refractivity contribution in [1.82, 2.24) is 4.90 Å². The van der Waals surface area contributed by atoms with E-state index in [2.05, 4.69) is 6.92 Å². The summed E-state index contributed by atoms with van der Waals surface area (Å²) in [5.41, 5.74) is 5.78. The van der Waals surface area contributed by atoms with E-state index >= 15 is 0 Å². The smallest absolute Gasteiger partial charge is 0.222 e. The molecule has 1 atom stereocenters. The van der Waals surface area contributed by atoms with E-state index in [1.807, 2.05) is 4.90 Å². The first-order valence-corrected chi connectivity index (χ1v) is 9.29. The lowest BCUT2D eigenvalue weighted by Crippen LogP contribution is -2.47. The van der Waals surface area contributed by atoms with E-state index in [1.54, 1.807) is 0 Å². The van der Waals surface area contributed by atoms with Crippen LogP contribution >= 0.6 is 0 Å². The summed E-state index contributed by atoms with van der Waals surface area (Å²) in [5, 5.41) is 0. The number of piperidine rings is 1. The zero-order valence-electron chi connectivity index (χ0n) is 14.1. The maximum absolute atomic E-state index is 12.2. The maximum Gasteiger partial charge on any atom is 0.222 e. The van der Waals surface area contributed by atoms with Gasteiger partial charge >= 0.3 is 0 Å². The van der Waals surface area contributed by atoms with E-state index in [0.717, 1.165) is 32.2 Å². The van der Waals surface area contributed by atoms with Gasteiger partial charge < -0.3 is 10.6 Å². The van der Waals surface area contributed by atoms with Crippen molar-refractivity contribution < 1.29 is 4.79 Å². The summed E-state index contributed by atoms with van der Waals surface area (Å²) in [4.78, 5) is 14.3. The van der Waals surface area contributed by atoms with Crippen LogP contribution in [-0.4, -0.2) is 29.9 Å². The predicted molar refractivity (Wildman–Crippen MR) is 90.3 cm³/mol. The molecule has 1 fully saturated rings. The summed E-state index contributed by atoms with van der Waals surface area (Å²) >= 11 is 0. The van der Waals surface area contributed by atoms with Crippen molar-refractivity contribution in [3.05, 3.63) is 0 Å². The molecule has 1 unspecified atom stereocenters. The average molecular weight is 296 g/mol. The van der Waals surface area contributed by atoms with Crippen LogP contribution in [0.3, 0.4) is 0 Å². The lowest BCUT2D eigenvalue weighted by Gasteiger charge is -2.35. The molecule has 3 nitrogen and oxygen atoms in total. The second-order valence-corrected chi connectivity index (χ2v) is 6.55. The summed E-state index contributed by atoms with van der Waals surface area (Å²) in [6, 6.07) is 0.310. The van der Waals surface area contributed by atoms with E-state index in [1.165, 1.54) is 57.8 Å². The molecule has 0 radical (unpaired) electrons. The second-order valence-electron chi connectivity index (χ2n) is 6.55. The molecule has 1 rings (SSSR count). The number of amides is 1. The number of nitrogens with two attached hydrogens (primary N) is 1. The van der Waals surface area contributed by atoms with Crippen molar-refractivity contribution in [2.24, 2.45) is 5.73 Å². The van der Waals surface area contributed by atoms with E-state index in [9.17, 15) is 4.79 Å². The van der Waals surface area contributed by atoms with Crippen molar-refractivity contribution in [3.8, 4) is 0 Å². The molecule has 0 spiro atoms. The Morgan fingerprint density at radius 2 is 1.62 bits per heavy atom. The summed E-state index contributed by atoms with van der Waals surface area (Å²) < 4.78 is 0. The number of nitrogens with zero attached hydrogens (tertiary/aromatic N) is 1. The van der Waals surface area contributed by atoms with Gasteiger partial charge in [0.05, 0.1) is 0 Å². The van der Waals surface area contributed by atoms with Gasteiger partial charge in [0.1, 0.15) is 0 Å². The molecule has 21 heavy (non-hydrogen) atoms. The molecule has 0 saturated carbocycles. The number of rotatable bonds is 11. The minimum absolute atomic E-state index is 0.310. The summed E-state index contributed by atoms with van der Waals surface area (Å²) in [6.07, 6.45) is 16.0. The molecule has 2 N–H and O–H groups in total. The Balaban J connectivity index is 2.00. The SMILES string of the molecule is CCCCCCCCCCCC(=O)N1CCCCC1CN.